The number of pyridine rings is 1. The van der Waals surface area contributed by atoms with Gasteiger partial charge < -0.3 is 9.30 Å². The van der Waals surface area contributed by atoms with E-state index in [1.807, 2.05) is 43.3 Å². The number of fused-ring (bicyclic) bond motifs is 1. The summed E-state index contributed by atoms with van der Waals surface area (Å²) in [5, 5.41) is 8.87. The van der Waals surface area contributed by atoms with Crippen LogP contribution in [0.3, 0.4) is 0 Å². The molecule has 0 fully saturated rings. The average molecular weight is 263 g/mol. The highest BCUT2D eigenvalue weighted by Crippen LogP contribution is 2.25. The maximum absolute atomic E-state index is 8.87. The molecule has 0 atom stereocenters. The van der Waals surface area contributed by atoms with Crippen LogP contribution in [0.2, 0.25) is 0 Å². The minimum atomic E-state index is 0.651. The average Bonchev–Trinajstić information content (AvgIpc) is 2.82. The maximum Gasteiger partial charge on any atom is 0.139 e. The third-order valence-corrected chi connectivity index (χ3v) is 3.30. The van der Waals surface area contributed by atoms with Gasteiger partial charge in [0.05, 0.1) is 36.0 Å². The van der Waals surface area contributed by atoms with Gasteiger partial charge in [0.25, 0.3) is 0 Å². The number of benzene rings is 1. The molecule has 0 bridgehead atoms. The lowest BCUT2D eigenvalue weighted by atomic mass is 10.2. The Bertz CT molecular complexity index is 810. The molecular weight excluding hydrogens is 250 g/mol. The number of hydrogen-bond acceptors (Lipinski definition) is 3. The van der Waals surface area contributed by atoms with Gasteiger partial charge in [0, 0.05) is 17.4 Å². The molecule has 0 amide bonds. The molecule has 4 heteroatoms. The highest BCUT2D eigenvalue weighted by molar-refractivity contribution is 5.80. The van der Waals surface area contributed by atoms with E-state index in [4.69, 9.17) is 10.00 Å². The highest BCUT2D eigenvalue weighted by atomic mass is 16.5. The number of ether oxygens (including phenoxy) is 1. The molecule has 0 unspecified atom stereocenters. The Morgan fingerprint density at radius 1 is 1.20 bits per heavy atom. The number of nitrogens with zero attached hydrogens (tertiary/aromatic N) is 3. The summed E-state index contributed by atoms with van der Waals surface area (Å²) >= 11 is 0. The monoisotopic (exact) mass is 263 g/mol. The molecule has 3 aromatic rings. The molecule has 0 aliphatic rings. The lowest BCUT2D eigenvalue weighted by molar-refractivity contribution is 0.413. The second-order valence-corrected chi connectivity index (χ2v) is 4.56. The van der Waals surface area contributed by atoms with Crippen LogP contribution < -0.4 is 4.74 Å². The van der Waals surface area contributed by atoms with Gasteiger partial charge in [-0.1, -0.05) is 0 Å². The fourth-order valence-electron chi connectivity index (χ4n) is 2.33. The molecule has 0 aliphatic carbocycles. The first-order chi connectivity index (χ1) is 9.72. The predicted octanol–water partition coefficient (Wildman–Crippen LogP) is 3.21. The molecule has 20 heavy (non-hydrogen) atoms. The van der Waals surface area contributed by atoms with Crippen molar-refractivity contribution in [3.8, 4) is 17.5 Å². The van der Waals surface area contributed by atoms with E-state index in [2.05, 4.69) is 15.6 Å². The highest BCUT2D eigenvalue weighted by Gasteiger charge is 2.09. The van der Waals surface area contributed by atoms with Crippen LogP contribution in [-0.2, 0) is 0 Å². The summed E-state index contributed by atoms with van der Waals surface area (Å²) < 4.78 is 7.34. The van der Waals surface area contributed by atoms with Crippen molar-refractivity contribution in [1.82, 2.24) is 9.55 Å². The first-order valence-corrected chi connectivity index (χ1v) is 6.25. The molecular formula is C16H13N3O. The van der Waals surface area contributed by atoms with Gasteiger partial charge in [0.1, 0.15) is 5.75 Å². The zero-order valence-corrected chi connectivity index (χ0v) is 11.3. The van der Waals surface area contributed by atoms with Crippen molar-refractivity contribution in [3.05, 3.63) is 53.9 Å². The number of aryl methyl sites for hydroxylation is 1. The third-order valence-electron chi connectivity index (χ3n) is 3.30. The molecule has 4 nitrogen and oxygen atoms in total. The topological polar surface area (TPSA) is 50.8 Å². The van der Waals surface area contributed by atoms with Crippen LogP contribution in [0.1, 0.15) is 11.3 Å². The Hall–Kier alpha value is -2.80. The Morgan fingerprint density at radius 3 is 2.60 bits per heavy atom. The maximum atomic E-state index is 8.87. The molecule has 0 radical (unpaired) electrons. The Labute approximate surface area is 116 Å². The van der Waals surface area contributed by atoms with Crippen molar-refractivity contribution in [2.45, 2.75) is 6.92 Å². The lowest BCUT2D eigenvalue weighted by Crippen LogP contribution is -1.96. The second-order valence-electron chi connectivity index (χ2n) is 4.56. The van der Waals surface area contributed by atoms with Gasteiger partial charge >= 0.3 is 0 Å². The fraction of sp³-hybridized carbons (Fsp3) is 0.125. The van der Waals surface area contributed by atoms with E-state index in [0.717, 1.165) is 28.2 Å². The van der Waals surface area contributed by atoms with Crippen molar-refractivity contribution < 1.29 is 4.74 Å². The SMILES string of the molecule is COc1cnc2cc(C)n(-c3ccc(C#N)cc3)c2c1. The Balaban J connectivity index is 2.23. The number of nitriles is 1. The van der Waals surface area contributed by atoms with Crippen LogP contribution in [0, 0.1) is 18.3 Å². The van der Waals surface area contributed by atoms with Crippen molar-refractivity contribution in [3.63, 3.8) is 0 Å². The van der Waals surface area contributed by atoms with E-state index in [0.29, 0.717) is 5.56 Å². The molecule has 0 spiro atoms. The van der Waals surface area contributed by atoms with Gasteiger partial charge in [0.15, 0.2) is 0 Å². The summed E-state index contributed by atoms with van der Waals surface area (Å²) in [6, 6.07) is 13.6. The van der Waals surface area contributed by atoms with Crippen LogP contribution in [-0.4, -0.2) is 16.7 Å². The zero-order chi connectivity index (χ0) is 14.1. The second kappa shape index (κ2) is 4.71. The molecule has 1 aromatic carbocycles. The van der Waals surface area contributed by atoms with Gasteiger partial charge in [0.2, 0.25) is 0 Å². The van der Waals surface area contributed by atoms with Crippen LogP contribution in [0.4, 0.5) is 0 Å². The summed E-state index contributed by atoms with van der Waals surface area (Å²) in [7, 11) is 1.63. The van der Waals surface area contributed by atoms with Crippen molar-refractivity contribution in [2.24, 2.45) is 0 Å². The first kappa shape index (κ1) is 12.2. The van der Waals surface area contributed by atoms with Crippen LogP contribution >= 0.6 is 0 Å². The molecule has 3 rings (SSSR count). The van der Waals surface area contributed by atoms with Crippen molar-refractivity contribution in [2.75, 3.05) is 7.11 Å². The number of rotatable bonds is 2. The fourth-order valence-corrected chi connectivity index (χ4v) is 2.33. The number of hydrogen-bond donors (Lipinski definition) is 0. The zero-order valence-electron chi connectivity index (χ0n) is 11.3. The van der Waals surface area contributed by atoms with Crippen LogP contribution in [0.15, 0.2) is 42.6 Å². The third kappa shape index (κ3) is 1.90. The molecule has 2 heterocycles. The summed E-state index contributed by atoms with van der Waals surface area (Å²) in [5.41, 5.74) is 4.66. The predicted molar refractivity (Wildman–Crippen MR) is 77.1 cm³/mol. The number of methoxy groups -OCH3 is 1. The molecule has 0 saturated heterocycles. The minimum absolute atomic E-state index is 0.651. The van der Waals surface area contributed by atoms with Crippen molar-refractivity contribution in [1.29, 1.82) is 5.26 Å². The van der Waals surface area contributed by atoms with E-state index < -0.39 is 0 Å². The number of aromatic nitrogens is 2. The standard InChI is InChI=1S/C16H13N3O/c1-11-7-15-16(8-14(20-2)10-18-15)19(11)13-5-3-12(9-17)4-6-13/h3-8,10H,1-2H3. The van der Waals surface area contributed by atoms with E-state index in [1.165, 1.54) is 0 Å². The largest absolute Gasteiger partial charge is 0.495 e. The minimum Gasteiger partial charge on any atom is -0.495 e. The van der Waals surface area contributed by atoms with Gasteiger partial charge in [-0.3, -0.25) is 4.98 Å². The van der Waals surface area contributed by atoms with Gasteiger partial charge in [-0.2, -0.15) is 5.26 Å². The quantitative estimate of drug-likeness (QED) is 0.713. The smallest absolute Gasteiger partial charge is 0.139 e. The van der Waals surface area contributed by atoms with E-state index in [1.54, 1.807) is 13.3 Å². The summed E-state index contributed by atoms with van der Waals surface area (Å²) in [6.45, 7) is 2.03. The molecule has 0 N–H and O–H groups in total. The molecule has 2 aromatic heterocycles. The summed E-state index contributed by atoms with van der Waals surface area (Å²) in [5.74, 6) is 0.727. The Morgan fingerprint density at radius 2 is 1.95 bits per heavy atom. The van der Waals surface area contributed by atoms with E-state index >= 15 is 0 Å². The van der Waals surface area contributed by atoms with Crippen molar-refractivity contribution >= 4 is 11.0 Å². The van der Waals surface area contributed by atoms with Gasteiger partial charge in [-0.05, 0) is 37.3 Å². The van der Waals surface area contributed by atoms with Crippen LogP contribution in [0.5, 0.6) is 5.75 Å². The Kier molecular flexibility index (Phi) is 2.88. The van der Waals surface area contributed by atoms with E-state index in [-0.39, 0.29) is 0 Å². The summed E-state index contributed by atoms with van der Waals surface area (Å²) in [6.07, 6.45) is 1.71. The van der Waals surface area contributed by atoms with Gasteiger partial charge in [-0.15, -0.1) is 0 Å². The van der Waals surface area contributed by atoms with E-state index in [9.17, 15) is 0 Å². The molecule has 0 saturated carbocycles. The normalized spacial score (nSPS) is 10.4. The first-order valence-electron chi connectivity index (χ1n) is 6.25. The van der Waals surface area contributed by atoms with Crippen LogP contribution in [0.25, 0.3) is 16.7 Å². The molecule has 0 aliphatic heterocycles. The van der Waals surface area contributed by atoms with Gasteiger partial charge in [-0.25, -0.2) is 0 Å². The lowest BCUT2D eigenvalue weighted by Gasteiger charge is -2.09. The molecule has 98 valence electrons. The summed E-state index contributed by atoms with van der Waals surface area (Å²) in [4.78, 5) is 4.39.